The second kappa shape index (κ2) is 9.46. The number of carbonyl (C=O) groups excluding carboxylic acids is 2. The van der Waals surface area contributed by atoms with E-state index in [1.54, 1.807) is 13.0 Å². The summed E-state index contributed by atoms with van der Waals surface area (Å²) in [6.45, 7) is 4.24. The summed E-state index contributed by atoms with van der Waals surface area (Å²) in [7, 11) is -3.93. The van der Waals surface area contributed by atoms with E-state index in [0.717, 1.165) is 17.2 Å². The molecule has 0 saturated carbocycles. The summed E-state index contributed by atoms with van der Waals surface area (Å²) in [6.07, 6.45) is -1.25. The first kappa shape index (κ1) is 23.0. The fraction of sp³-hybridized carbons (Fsp3) is 0.263. The van der Waals surface area contributed by atoms with Crippen LogP contribution in [0.1, 0.15) is 18.1 Å². The topological polar surface area (TPSA) is 145 Å². The first-order valence-corrected chi connectivity index (χ1v) is 10.3. The zero-order valence-electron chi connectivity index (χ0n) is 16.5. The van der Waals surface area contributed by atoms with Gasteiger partial charge in [0, 0.05) is 17.8 Å². The molecule has 2 rings (SSSR count). The van der Waals surface area contributed by atoms with Gasteiger partial charge in [0.25, 0.3) is 11.6 Å². The van der Waals surface area contributed by atoms with Crippen molar-refractivity contribution >= 4 is 33.3 Å². The summed E-state index contributed by atoms with van der Waals surface area (Å²) in [6, 6.07) is 9.82. The third-order valence-corrected chi connectivity index (χ3v) is 5.60. The van der Waals surface area contributed by atoms with Crippen molar-refractivity contribution in [2.45, 2.75) is 31.8 Å². The third-order valence-electron chi connectivity index (χ3n) is 4.20. The van der Waals surface area contributed by atoms with Gasteiger partial charge in [0.05, 0.1) is 9.82 Å². The Labute approximate surface area is 173 Å². The van der Waals surface area contributed by atoms with Gasteiger partial charge in [0.1, 0.15) is 6.54 Å². The molecule has 2 N–H and O–H groups in total. The van der Waals surface area contributed by atoms with Crippen molar-refractivity contribution in [3.05, 3.63) is 63.7 Å². The highest BCUT2D eigenvalue weighted by Crippen LogP contribution is 2.17. The predicted octanol–water partition coefficient (Wildman–Crippen LogP) is 2.06. The Morgan fingerprint density at radius 2 is 1.83 bits per heavy atom. The second-order valence-corrected chi connectivity index (χ2v) is 8.27. The molecule has 2 aromatic carbocycles. The Bertz CT molecular complexity index is 1080. The van der Waals surface area contributed by atoms with Gasteiger partial charge in [0.15, 0.2) is 6.10 Å². The Balaban J connectivity index is 1.92. The molecule has 10 nitrogen and oxygen atoms in total. The Morgan fingerprint density at radius 1 is 1.13 bits per heavy atom. The molecule has 0 heterocycles. The van der Waals surface area contributed by atoms with Crippen molar-refractivity contribution in [2.75, 3.05) is 11.9 Å². The highest BCUT2D eigenvalue weighted by Gasteiger charge is 2.21. The van der Waals surface area contributed by atoms with E-state index in [-0.39, 0.29) is 16.3 Å². The van der Waals surface area contributed by atoms with Crippen molar-refractivity contribution in [3.63, 3.8) is 0 Å². The number of nitro groups is 1. The number of hydrogen-bond acceptors (Lipinski definition) is 7. The third kappa shape index (κ3) is 6.09. The number of amides is 1. The number of nitrogens with zero attached hydrogens (tertiary/aromatic N) is 1. The van der Waals surface area contributed by atoms with Crippen LogP contribution in [-0.4, -0.2) is 37.9 Å². The first-order valence-electron chi connectivity index (χ1n) is 8.81. The Hall–Kier alpha value is -3.31. The lowest BCUT2D eigenvalue weighted by Gasteiger charge is -2.14. The van der Waals surface area contributed by atoms with E-state index in [1.807, 2.05) is 6.92 Å². The molecule has 160 valence electrons. The van der Waals surface area contributed by atoms with Crippen LogP contribution < -0.4 is 10.0 Å². The average molecular weight is 435 g/mol. The van der Waals surface area contributed by atoms with E-state index < -0.39 is 39.5 Å². The predicted molar refractivity (Wildman–Crippen MR) is 108 cm³/mol. The van der Waals surface area contributed by atoms with E-state index in [4.69, 9.17) is 4.74 Å². The van der Waals surface area contributed by atoms with Gasteiger partial charge in [-0.1, -0.05) is 12.1 Å². The van der Waals surface area contributed by atoms with Crippen LogP contribution >= 0.6 is 0 Å². The van der Waals surface area contributed by atoms with E-state index in [2.05, 4.69) is 10.0 Å². The number of non-ortho nitro benzene ring substituents is 1. The smallest absolute Gasteiger partial charge is 0.321 e. The lowest BCUT2D eigenvalue weighted by molar-refractivity contribution is -0.384. The maximum Gasteiger partial charge on any atom is 0.321 e. The number of hydrogen-bond donors (Lipinski definition) is 2. The van der Waals surface area contributed by atoms with Crippen molar-refractivity contribution in [1.82, 2.24) is 4.72 Å². The molecule has 0 saturated heterocycles. The second-order valence-electron chi connectivity index (χ2n) is 6.50. The van der Waals surface area contributed by atoms with E-state index in [9.17, 15) is 28.1 Å². The molecule has 0 aliphatic carbocycles. The molecular formula is C19H21N3O7S. The van der Waals surface area contributed by atoms with Crippen LogP contribution in [-0.2, 0) is 24.3 Å². The molecule has 0 aromatic heterocycles. The Morgan fingerprint density at radius 3 is 2.47 bits per heavy atom. The van der Waals surface area contributed by atoms with Crippen LogP contribution in [0, 0.1) is 24.0 Å². The number of esters is 1. The number of sulfonamides is 1. The molecule has 0 radical (unpaired) electrons. The highest BCUT2D eigenvalue weighted by molar-refractivity contribution is 7.89. The number of nitro benzene ring substituents is 1. The fourth-order valence-electron chi connectivity index (χ4n) is 2.35. The van der Waals surface area contributed by atoms with Crippen LogP contribution in [0.3, 0.4) is 0 Å². The quantitative estimate of drug-likeness (QED) is 0.367. The molecule has 0 aliphatic heterocycles. The van der Waals surface area contributed by atoms with Gasteiger partial charge >= 0.3 is 5.97 Å². The largest absolute Gasteiger partial charge is 0.452 e. The molecule has 1 amide bonds. The monoisotopic (exact) mass is 435 g/mol. The van der Waals surface area contributed by atoms with E-state index >= 15 is 0 Å². The molecular weight excluding hydrogens is 414 g/mol. The number of benzene rings is 2. The molecule has 0 spiro atoms. The van der Waals surface area contributed by atoms with E-state index in [1.165, 1.54) is 37.3 Å². The summed E-state index contributed by atoms with van der Waals surface area (Å²) in [5, 5.41) is 13.2. The van der Waals surface area contributed by atoms with E-state index in [0.29, 0.717) is 0 Å². The maximum absolute atomic E-state index is 12.3. The van der Waals surface area contributed by atoms with Crippen molar-refractivity contribution < 1.29 is 27.7 Å². The van der Waals surface area contributed by atoms with Crippen LogP contribution in [0.15, 0.2) is 47.4 Å². The molecule has 11 heteroatoms. The molecule has 1 unspecified atom stereocenters. The highest BCUT2D eigenvalue weighted by atomic mass is 32.2. The van der Waals surface area contributed by atoms with Gasteiger partial charge in [-0.25, -0.2) is 8.42 Å². The number of rotatable bonds is 8. The zero-order chi connectivity index (χ0) is 22.5. The maximum atomic E-state index is 12.3. The summed E-state index contributed by atoms with van der Waals surface area (Å²) < 4.78 is 31.6. The summed E-state index contributed by atoms with van der Waals surface area (Å²) >= 11 is 0. The Kier molecular flexibility index (Phi) is 7.24. The number of ether oxygens (including phenoxy) is 1. The van der Waals surface area contributed by atoms with Gasteiger partial charge in [-0.05, 0) is 50.1 Å². The van der Waals surface area contributed by atoms with Crippen LogP contribution in [0.5, 0.6) is 0 Å². The molecule has 1 atom stereocenters. The lowest BCUT2D eigenvalue weighted by atomic mass is 10.1. The molecule has 2 aromatic rings. The van der Waals surface area contributed by atoms with Gasteiger partial charge in [-0.15, -0.1) is 0 Å². The van der Waals surface area contributed by atoms with Crippen molar-refractivity contribution in [1.29, 1.82) is 0 Å². The SMILES string of the molecule is Cc1ccc(S(=O)(=O)NCC(=O)OC(C)C(=O)Nc2cccc([N+](=O)[O-])c2)cc1C. The van der Waals surface area contributed by atoms with Crippen LogP contribution in [0.4, 0.5) is 11.4 Å². The molecule has 0 fully saturated rings. The van der Waals surface area contributed by atoms with Crippen molar-refractivity contribution in [3.8, 4) is 0 Å². The number of anilines is 1. The summed E-state index contributed by atoms with van der Waals surface area (Å²) in [4.78, 5) is 34.2. The minimum absolute atomic E-state index is 0.00913. The summed E-state index contributed by atoms with van der Waals surface area (Å²) in [5.41, 5.74) is 1.66. The fourth-order valence-corrected chi connectivity index (χ4v) is 3.41. The first-order chi connectivity index (χ1) is 14.0. The van der Waals surface area contributed by atoms with Gasteiger partial charge in [0.2, 0.25) is 10.0 Å². The van der Waals surface area contributed by atoms with Crippen LogP contribution in [0.2, 0.25) is 0 Å². The summed E-state index contributed by atoms with van der Waals surface area (Å²) in [5.74, 6) is -1.68. The lowest BCUT2D eigenvalue weighted by Crippen LogP contribution is -2.35. The number of aryl methyl sites for hydroxylation is 2. The minimum Gasteiger partial charge on any atom is -0.452 e. The van der Waals surface area contributed by atoms with Gasteiger partial charge in [-0.3, -0.25) is 19.7 Å². The van der Waals surface area contributed by atoms with Gasteiger partial charge in [-0.2, -0.15) is 4.72 Å². The average Bonchev–Trinajstić information content (AvgIpc) is 2.68. The normalized spacial score (nSPS) is 12.1. The minimum atomic E-state index is -3.93. The standard InChI is InChI=1S/C19H21N3O7S/c1-12-7-8-17(9-13(12)2)30(27,28)20-11-18(23)29-14(3)19(24)21-15-5-4-6-16(10-15)22(25)26/h4-10,14,20H,11H2,1-3H3,(H,21,24). The molecule has 0 aliphatic rings. The molecule has 30 heavy (non-hydrogen) atoms. The molecule has 0 bridgehead atoms. The number of nitrogens with one attached hydrogen (secondary N) is 2. The number of carbonyl (C=O) groups is 2. The zero-order valence-corrected chi connectivity index (χ0v) is 17.4. The van der Waals surface area contributed by atoms with Gasteiger partial charge < -0.3 is 10.1 Å². The van der Waals surface area contributed by atoms with Crippen molar-refractivity contribution in [2.24, 2.45) is 0 Å². The van der Waals surface area contributed by atoms with Crippen LogP contribution in [0.25, 0.3) is 0 Å².